The van der Waals surface area contributed by atoms with Gasteiger partial charge in [-0.05, 0) is 57.5 Å². The van der Waals surface area contributed by atoms with E-state index in [1.807, 2.05) is 0 Å². The van der Waals surface area contributed by atoms with Crippen molar-refractivity contribution in [1.82, 2.24) is 4.90 Å². The van der Waals surface area contributed by atoms with Gasteiger partial charge in [-0.15, -0.1) is 0 Å². The molecule has 0 spiro atoms. The molecule has 5 rings (SSSR count). The third kappa shape index (κ3) is 6.45. The van der Waals surface area contributed by atoms with Crippen molar-refractivity contribution < 1.29 is 38.8 Å². The number of hydrogen-bond donors (Lipinski definition) is 2. The van der Waals surface area contributed by atoms with Crippen molar-refractivity contribution in [2.24, 2.45) is 0 Å². The predicted molar refractivity (Wildman–Crippen MR) is 162 cm³/mol. The Balaban J connectivity index is 1.55. The van der Waals surface area contributed by atoms with Crippen LogP contribution < -0.4 is 4.74 Å². The summed E-state index contributed by atoms with van der Waals surface area (Å²) >= 11 is 7.40. The Morgan fingerprint density at radius 3 is 1.93 bits per heavy atom. The number of esters is 2. The molecule has 2 fully saturated rings. The van der Waals surface area contributed by atoms with E-state index in [1.54, 1.807) is 84.9 Å². The molecule has 2 N–H and O–H groups in total. The first-order valence-electron chi connectivity index (χ1n) is 14.8. The number of alkyl halides is 1. The first-order chi connectivity index (χ1) is 21.2. The van der Waals surface area contributed by atoms with E-state index in [0.717, 1.165) is 32.5 Å². The quantitative estimate of drug-likeness (QED) is 0.183. The summed E-state index contributed by atoms with van der Waals surface area (Å²) in [4.78, 5) is 41.4. The smallest absolute Gasteiger partial charge is 0.336 e. The van der Waals surface area contributed by atoms with Crippen molar-refractivity contribution in [2.75, 3.05) is 26.2 Å². The first-order valence-corrected chi connectivity index (χ1v) is 15.2. The largest absolute Gasteiger partial charge is 0.494 e. The minimum Gasteiger partial charge on any atom is -0.494 e. The Hall–Kier alpha value is -3.92. The molecule has 232 valence electrons. The van der Waals surface area contributed by atoms with Crippen LogP contribution in [0.1, 0.15) is 55.2 Å². The van der Waals surface area contributed by atoms with Gasteiger partial charge < -0.3 is 29.3 Å². The van der Waals surface area contributed by atoms with Crippen LogP contribution in [0.25, 0.3) is 0 Å². The molecular weight excluding hydrogens is 586 g/mol. The van der Waals surface area contributed by atoms with Crippen LogP contribution in [0.4, 0.5) is 0 Å². The highest BCUT2D eigenvalue weighted by Gasteiger charge is 2.62. The number of benzene rings is 3. The molecule has 3 aromatic rings. The second-order valence-electron chi connectivity index (χ2n) is 11.3. The molecule has 3 atom stereocenters. The summed E-state index contributed by atoms with van der Waals surface area (Å²) in [7, 11) is 0. The topological polar surface area (TPSA) is 123 Å². The second kappa shape index (κ2) is 13.4. The highest BCUT2D eigenvalue weighted by Crippen LogP contribution is 2.55. The van der Waals surface area contributed by atoms with Crippen molar-refractivity contribution in [1.29, 1.82) is 0 Å². The number of aliphatic hydroxyl groups is 1. The van der Waals surface area contributed by atoms with Gasteiger partial charge in [-0.1, -0.05) is 84.4 Å². The summed E-state index contributed by atoms with van der Waals surface area (Å²) < 4.78 is 18.1. The molecule has 0 aliphatic carbocycles. The summed E-state index contributed by atoms with van der Waals surface area (Å²) in [5, 5.41) is 18.3. The molecule has 2 saturated heterocycles. The van der Waals surface area contributed by atoms with E-state index in [1.165, 1.54) is 12.8 Å². The second-order valence-corrected chi connectivity index (χ2v) is 11.8. The molecule has 2 aliphatic rings. The SMILES string of the molecule is O=C1CC(O)(C(=O)O)CC(=O)OC(c2ccccc2)(c2ccc(OCCCCN3CCCC3)cc2)C(Cl)(c2ccccc2)O1. The van der Waals surface area contributed by atoms with E-state index in [2.05, 4.69) is 4.90 Å². The normalized spacial score (nSPS) is 26.1. The number of hydrogen-bond acceptors (Lipinski definition) is 8. The lowest BCUT2D eigenvalue weighted by atomic mass is 9.77. The highest BCUT2D eigenvalue weighted by atomic mass is 35.5. The van der Waals surface area contributed by atoms with E-state index >= 15 is 0 Å². The van der Waals surface area contributed by atoms with Gasteiger partial charge in [0.1, 0.15) is 5.75 Å². The minimum absolute atomic E-state index is 0.269. The van der Waals surface area contributed by atoms with Crippen LogP contribution >= 0.6 is 11.6 Å². The number of rotatable bonds is 10. The third-order valence-electron chi connectivity index (χ3n) is 8.17. The molecule has 3 unspecified atom stereocenters. The number of nitrogens with zero attached hydrogens (tertiary/aromatic N) is 1. The van der Waals surface area contributed by atoms with Gasteiger partial charge in [0, 0.05) is 16.7 Å². The van der Waals surface area contributed by atoms with E-state index in [9.17, 15) is 24.6 Å². The van der Waals surface area contributed by atoms with Gasteiger partial charge in [-0.3, -0.25) is 9.59 Å². The first kappa shape index (κ1) is 31.5. The predicted octanol–water partition coefficient (Wildman–Crippen LogP) is 4.97. The number of cyclic esters (lactones) is 2. The summed E-state index contributed by atoms with van der Waals surface area (Å²) in [5.74, 6) is -3.39. The van der Waals surface area contributed by atoms with Crippen molar-refractivity contribution in [3.05, 3.63) is 102 Å². The maximum absolute atomic E-state index is 13.6. The number of ether oxygens (including phenoxy) is 3. The molecule has 2 aliphatic heterocycles. The molecule has 0 bridgehead atoms. The van der Waals surface area contributed by atoms with Crippen LogP contribution in [0, 0.1) is 0 Å². The Morgan fingerprint density at radius 2 is 1.34 bits per heavy atom. The zero-order valence-electron chi connectivity index (χ0n) is 24.3. The maximum atomic E-state index is 13.6. The monoisotopic (exact) mass is 621 g/mol. The summed E-state index contributed by atoms with van der Waals surface area (Å²) in [6.45, 7) is 3.90. The van der Waals surface area contributed by atoms with E-state index < -0.39 is 47.0 Å². The molecule has 44 heavy (non-hydrogen) atoms. The Morgan fingerprint density at radius 1 is 0.795 bits per heavy atom. The zero-order valence-corrected chi connectivity index (χ0v) is 25.1. The number of halogens is 1. The van der Waals surface area contributed by atoms with Gasteiger partial charge in [0.2, 0.25) is 5.60 Å². The number of carboxylic acid groups (broad SMARTS) is 1. The number of likely N-dealkylation sites (tertiary alicyclic amines) is 1. The average Bonchev–Trinajstić information content (AvgIpc) is 3.54. The van der Waals surface area contributed by atoms with Gasteiger partial charge in [-0.2, -0.15) is 0 Å². The Kier molecular flexibility index (Phi) is 9.58. The van der Waals surface area contributed by atoms with Crippen molar-refractivity contribution >= 4 is 29.5 Å². The standard InChI is InChI=1S/C34H36ClNO8/c35-34(27-13-5-2-6-14-27)33(25-11-3-1-4-12-25,43-29(37)23-32(41,31(39)40)24-30(38)44-34)26-15-17-28(18-16-26)42-22-10-9-21-36-19-7-8-20-36/h1-6,11-18,41H,7-10,19-24H2,(H,39,40). The average molecular weight is 622 g/mol. The maximum Gasteiger partial charge on any atom is 0.336 e. The Bertz CT molecular complexity index is 1450. The van der Waals surface area contributed by atoms with Crippen molar-refractivity contribution in [3.63, 3.8) is 0 Å². The lowest BCUT2D eigenvalue weighted by Crippen LogP contribution is -2.52. The molecule has 3 aromatic carbocycles. The fourth-order valence-corrected chi connectivity index (χ4v) is 6.36. The minimum atomic E-state index is -2.76. The molecule has 0 radical (unpaired) electrons. The number of carbonyl (C=O) groups is 3. The molecule has 0 saturated carbocycles. The van der Waals surface area contributed by atoms with Crippen LogP contribution in [0.3, 0.4) is 0 Å². The Labute approximate surface area is 261 Å². The molecule has 0 amide bonds. The molecule has 2 heterocycles. The molecule has 9 nitrogen and oxygen atoms in total. The van der Waals surface area contributed by atoms with Gasteiger partial charge in [0.05, 0.1) is 19.4 Å². The van der Waals surface area contributed by atoms with Gasteiger partial charge >= 0.3 is 17.9 Å². The highest BCUT2D eigenvalue weighted by molar-refractivity contribution is 6.25. The zero-order chi connectivity index (χ0) is 31.2. The number of unbranched alkanes of at least 4 members (excludes halogenated alkanes) is 1. The summed E-state index contributed by atoms with van der Waals surface area (Å²) in [6.07, 6.45) is 2.42. The summed E-state index contributed by atoms with van der Waals surface area (Å²) in [5.41, 5.74) is -3.81. The van der Waals surface area contributed by atoms with Crippen LogP contribution in [0.2, 0.25) is 0 Å². The van der Waals surface area contributed by atoms with Crippen molar-refractivity contribution in [2.45, 2.75) is 54.8 Å². The van der Waals surface area contributed by atoms with Crippen LogP contribution in [0.5, 0.6) is 5.75 Å². The fourth-order valence-electron chi connectivity index (χ4n) is 5.89. The van der Waals surface area contributed by atoms with E-state index in [4.69, 9.17) is 25.8 Å². The number of carboxylic acids is 1. The van der Waals surface area contributed by atoms with Gasteiger partial charge in [-0.25, -0.2) is 4.79 Å². The van der Waals surface area contributed by atoms with Crippen LogP contribution in [-0.4, -0.2) is 64.9 Å². The van der Waals surface area contributed by atoms with Gasteiger partial charge in [0.15, 0.2) is 5.60 Å². The number of carbonyl (C=O) groups excluding carboxylic acids is 2. The van der Waals surface area contributed by atoms with Crippen molar-refractivity contribution in [3.8, 4) is 5.75 Å². The van der Waals surface area contributed by atoms with Crippen LogP contribution in [0.15, 0.2) is 84.9 Å². The van der Waals surface area contributed by atoms with E-state index in [-0.39, 0.29) is 5.56 Å². The lowest BCUT2D eigenvalue weighted by molar-refractivity contribution is -0.189. The molecule has 10 heteroatoms. The lowest BCUT2D eigenvalue weighted by Gasteiger charge is -2.45. The van der Waals surface area contributed by atoms with E-state index in [0.29, 0.717) is 23.5 Å². The van der Waals surface area contributed by atoms with Gasteiger partial charge in [0.25, 0.3) is 5.06 Å². The molecular formula is C34H36ClNO8. The van der Waals surface area contributed by atoms with Crippen LogP contribution in [-0.2, 0) is 34.5 Å². The summed E-state index contributed by atoms with van der Waals surface area (Å²) in [6, 6.07) is 23.7. The number of aliphatic carboxylic acids is 1. The molecule has 0 aromatic heterocycles. The fraction of sp³-hybridized carbons (Fsp3) is 0.382. The third-order valence-corrected chi connectivity index (χ3v) is 8.73.